The van der Waals surface area contributed by atoms with Gasteiger partial charge in [-0.1, -0.05) is 37.5 Å². The van der Waals surface area contributed by atoms with E-state index in [1.807, 2.05) is 36.4 Å². The van der Waals surface area contributed by atoms with Gasteiger partial charge in [-0.15, -0.1) is 31.1 Å². The molecule has 0 spiro atoms. The molecule has 0 aliphatic heterocycles. The standard InChI is InChI=1S/C16H20O2.C11H14O2S/c1-4-7-14-11-15(8-5-2)13-16(12-14)18-10-9-17-6-3;1-3-5-10-6-7-11(14-10)13-9-8-12-4-2/h4-6,11-13H,1-3,7-10H2;3-4,6-7H,1-2,5,8-9H2. The van der Waals surface area contributed by atoms with Crippen LogP contribution in [0.25, 0.3) is 0 Å². The van der Waals surface area contributed by atoms with Gasteiger partial charge in [0.2, 0.25) is 0 Å². The van der Waals surface area contributed by atoms with Crippen LogP contribution >= 0.6 is 11.3 Å². The highest BCUT2D eigenvalue weighted by Gasteiger charge is 2.01. The third-order valence-corrected chi connectivity index (χ3v) is 4.94. The minimum absolute atomic E-state index is 0.506. The van der Waals surface area contributed by atoms with Crippen LogP contribution in [-0.2, 0) is 28.7 Å². The quantitative estimate of drug-likeness (QED) is 0.161. The van der Waals surface area contributed by atoms with Crippen LogP contribution in [0.1, 0.15) is 16.0 Å². The lowest BCUT2D eigenvalue weighted by molar-refractivity contribution is 0.179. The van der Waals surface area contributed by atoms with Crippen LogP contribution in [0.3, 0.4) is 0 Å². The van der Waals surface area contributed by atoms with E-state index in [4.69, 9.17) is 18.9 Å². The van der Waals surface area contributed by atoms with Crippen molar-refractivity contribution in [1.29, 1.82) is 0 Å². The number of allylic oxidation sites excluding steroid dienone is 3. The van der Waals surface area contributed by atoms with Gasteiger partial charge in [-0.3, -0.25) is 0 Å². The Morgan fingerprint density at radius 2 is 1.22 bits per heavy atom. The maximum Gasteiger partial charge on any atom is 0.174 e. The van der Waals surface area contributed by atoms with Crippen LogP contribution in [-0.4, -0.2) is 26.4 Å². The summed E-state index contributed by atoms with van der Waals surface area (Å²) in [7, 11) is 0. The summed E-state index contributed by atoms with van der Waals surface area (Å²) < 4.78 is 21.0. The van der Waals surface area contributed by atoms with Crippen molar-refractivity contribution in [3.63, 3.8) is 0 Å². The molecule has 172 valence electrons. The van der Waals surface area contributed by atoms with Crippen molar-refractivity contribution < 1.29 is 18.9 Å². The van der Waals surface area contributed by atoms with E-state index in [0.717, 1.165) is 30.1 Å². The van der Waals surface area contributed by atoms with E-state index >= 15 is 0 Å². The predicted octanol–water partition coefficient (Wildman–Crippen LogP) is 6.70. The zero-order valence-corrected chi connectivity index (χ0v) is 19.6. The van der Waals surface area contributed by atoms with Gasteiger partial charge in [0.1, 0.15) is 32.2 Å². The summed E-state index contributed by atoms with van der Waals surface area (Å²) in [5, 5.41) is 0.925. The molecule has 0 saturated carbocycles. The lowest BCUT2D eigenvalue weighted by Gasteiger charge is -2.10. The second-order valence-electron chi connectivity index (χ2n) is 6.46. The molecule has 0 atom stereocenters. The van der Waals surface area contributed by atoms with E-state index in [-0.39, 0.29) is 0 Å². The molecule has 1 aromatic carbocycles. The Hall–Kier alpha value is -3.18. The zero-order valence-electron chi connectivity index (χ0n) is 18.8. The number of rotatable bonds is 16. The molecule has 0 unspecified atom stereocenters. The van der Waals surface area contributed by atoms with E-state index < -0.39 is 0 Å². The molecule has 1 heterocycles. The summed E-state index contributed by atoms with van der Waals surface area (Å²) in [6.07, 6.45) is 11.1. The van der Waals surface area contributed by atoms with Crippen LogP contribution in [0.4, 0.5) is 0 Å². The molecule has 32 heavy (non-hydrogen) atoms. The van der Waals surface area contributed by atoms with Crippen LogP contribution in [0, 0.1) is 0 Å². The van der Waals surface area contributed by atoms with Gasteiger partial charge in [-0.05, 0) is 54.7 Å². The van der Waals surface area contributed by atoms with Crippen molar-refractivity contribution in [2.24, 2.45) is 0 Å². The van der Waals surface area contributed by atoms with Crippen molar-refractivity contribution in [3.8, 4) is 10.8 Å². The zero-order chi connectivity index (χ0) is 23.4. The fourth-order valence-electron chi connectivity index (χ4n) is 2.63. The molecular formula is C27H34O4S. The normalized spacial score (nSPS) is 9.50. The van der Waals surface area contributed by atoms with E-state index in [2.05, 4.69) is 45.0 Å². The monoisotopic (exact) mass is 454 g/mol. The molecule has 0 aliphatic carbocycles. The predicted molar refractivity (Wildman–Crippen MR) is 136 cm³/mol. The fraction of sp³-hybridized carbons (Fsp3) is 0.259. The highest BCUT2D eigenvalue weighted by molar-refractivity contribution is 7.13. The first kappa shape index (κ1) is 26.9. The van der Waals surface area contributed by atoms with Crippen molar-refractivity contribution in [1.82, 2.24) is 0 Å². The molecule has 4 nitrogen and oxygen atoms in total. The van der Waals surface area contributed by atoms with Gasteiger partial charge in [-0.2, -0.15) is 0 Å². The summed E-state index contributed by atoms with van der Waals surface area (Å²) in [4.78, 5) is 1.26. The van der Waals surface area contributed by atoms with E-state index in [1.165, 1.54) is 28.5 Å². The van der Waals surface area contributed by atoms with E-state index in [1.54, 1.807) is 11.3 Å². The Balaban J connectivity index is 0.000000330. The summed E-state index contributed by atoms with van der Waals surface area (Å²) >= 11 is 1.64. The van der Waals surface area contributed by atoms with Crippen LogP contribution in [0.2, 0.25) is 0 Å². The van der Waals surface area contributed by atoms with Crippen LogP contribution < -0.4 is 9.47 Å². The van der Waals surface area contributed by atoms with Gasteiger partial charge in [-0.25, -0.2) is 0 Å². The SMILES string of the molecule is C=CCc1cc(CC=C)cc(OCCOC=C)c1.C=CCc1ccc(OCCOC=C)s1. The van der Waals surface area contributed by atoms with Gasteiger partial charge in [0.15, 0.2) is 5.06 Å². The molecule has 0 fully saturated rings. The fourth-order valence-corrected chi connectivity index (χ4v) is 3.51. The van der Waals surface area contributed by atoms with Crippen molar-refractivity contribution >= 4 is 11.3 Å². The van der Waals surface area contributed by atoms with Crippen molar-refractivity contribution in [2.45, 2.75) is 19.3 Å². The third kappa shape index (κ3) is 11.9. The Morgan fingerprint density at radius 3 is 1.75 bits per heavy atom. The lowest BCUT2D eigenvalue weighted by atomic mass is 10.1. The summed E-state index contributed by atoms with van der Waals surface area (Å²) in [6, 6.07) is 10.2. The Labute approximate surface area is 196 Å². The largest absolute Gasteiger partial charge is 0.498 e. The maximum absolute atomic E-state index is 5.64. The molecular weight excluding hydrogens is 420 g/mol. The number of hydrogen-bond acceptors (Lipinski definition) is 5. The molecule has 1 aromatic heterocycles. The average molecular weight is 455 g/mol. The second-order valence-corrected chi connectivity index (χ2v) is 7.59. The first-order valence-electron chi connectivity index (χ1n) is 10.4. The minimum atomic E-state index is 0.506. The molecule has 0 saturated heterocycles. The molecule has 0 aliphatic rings. The van der Waals surface area contributed by atoms with Crippen LogP contribution in [0.15, 0.2) is 94.0 Å². The topological polar surface area (TPSA) is 36.9 Å². The van der Waals surface area contributed by atoms with Crippen LogP contribution in [0.5, 0.6) is 10.8 Å². The first-order chi connectivity index (χ1) is 15.7. The smallest absolute Gasteiger partial charge is 0.174 e. The number of thiophene rings is 1. The number of hydrogen-bond donors (Lipinski definition) is 0. The van der Waals surface area contributed by atoms with Gasteiger partial charge < -0.3 is 18.9 Å². The van der Waals surface area contributed by atoms with E-state index in [0.29, 0.717) is 26.4 Å². The molecule has 0 radical (unpaired) electrons. The maximum atomic E-state index is 5.64. The summed E-state index contributed by atoms with van der Waals surface area (Å²) in [5.41, 5.74) is 2.40. The third-order valence-electron chi connectivity index (χ3n) is 3.92. The lowest BCUT2D eigenvalue weighted by Crippen LogP contribution is -2.04. The Bertz CT molecular complexity index is 810. The highest BCUT2D eigenvalue weighted by Crippen LogP contribution is 2.24. The first-order valence-corrected chi connectivity index (χ1v) is 11.2. The van der Waals surface area contributed by atoms with E-state index in [9.17, 15) is 0 Å². The van der Waals surface area contributed by atoms with Gasteiger partial charge >= 0.3 is 0 Å². The molecule has 0 bridgehead atoms. The molecule has 0 N–H and O–H groups in total. The molecule has 2 rings (SSSR count). The number of benzene rings is 1. The minimum Gasteiger partial charge on any atom is -0.498 e. The molecule has 0 amide bonds. The Morgan fingerprint density at radius 1 is 0.656 bits per heavy atom. The molecule has 5 heteroatoms. The van der Waals surface area contributed by atoms with Crippen molar-refractivity contribution in [3.05, 3.63) is 110 Å². The van der Waals surface area contributed by atoms with Gasteiger partial charge in [0.05, 0.1) is 12.5 Å². The summed E-state index contributed by atoms with van der Waals surface area (Å²) in [6.45, 7) is 20.2. The van der Waals surface area contributed by atoms with Gasteiger partial charge in [0.25, 0.3) is 0 Å². The average Bonchev–Trinajstić information content (AvgIpc) is 3.23. The van der Waals surface area contributed by atoms with Gasteiger partial charge in [0, 0.05) is 4.88 Å². The Kier molecular flexibility index (Phi) is 14.7. The molecule has 2 aromatic rings. The summed E-state index contributed by atoms with van der Waals surface area (Å²) in [5.74, 6) is 0.860. The van der Waals surface area contributed by atoms with Crippen molar-refractivity contribution in [2.75, 3.05) is 26.4 Å². The second kappa shape index (κ2) is 17.5. The number of ether oxygens (including phenoxy) is 4. The highest BCUT2D eigenvalue weighted by atomic mass is 32.1.